The van der Waals surface area contributed by atoms with Crippen molar-refractivity contribution < 1.29 is 13.2 Å². The van der Waals surface area contributed by atoms with Crippen molar-refractivity contribution >= 4 is 27.7 Å². The second-order valence-corrected chi connectivity index (χ2v) is 6.66. The second-order valence-electron chi connectivity index (χ2n) is 4.89. The average Bonchev–Trinajstić information content (AvgIpc) is 2.45. The van der Waals surface area contributed by atoms with Gasteiger partial charge in [0.15, 0.2) is 10.8 Å². The Morgan fingerprint density at radius 2 is 2.24 bits per heavy atom. The standard InChI is InChI=1S/C11H16ClN5O3S/c12-10-4-3-9(15-16-10)11(18)17-5-1-2-8(7-17)6-14-21(13,19)20/h3-4,8,14H,1-2,5-7H2,(H2,13,19,20). The molecule has 0 saturated carbocycles. The number of halogens is 1. The SMILES string of the molecule is NS(=O)(=O)NCC1CCCN(C(=O)c2ccc(Cl)nn2)C1. The number of aromatic nitrogens is 2. The molecule has 10 heteroatoms. The molecule has 2 rings (SSSR count). The second kappa shape index (κ2) is 6.65. The third kappa shape index (κ3) is 4.88. The van der Waals surface area contributed by atoms with Gasteiger partial charge in [0.05, 0.1) is 0 Å². The van der Waals surface area contributed by atoms with Gasteiger partial charge in [-0.2, -0.15) is 8.42 Å². The molecule has 0 aromatic carbocycles. The fourth-order valence-electron chi connectivity index (χ4n) is 2.24. The van der Waals surface area contributed by atoms with Gasteiger partial charge < -0.3 is 4.90 Å². The van der Waals surface area contributed by atoms with Crippen LogP contribution in [-0.4, -0.2) is 49.1 Å². The van der Waals surface area contributed by atoms with Crippen molar-refractivity contribution in [3.8, 4) is 0 Å². The molecule has 0 radical (unpaired) electrons. The van der Waals surface area contributed by atoms with Gasteiger partial charge in [0.25, 0.3) is 16.1 Å². The monoisotopic (exact) mass is 333 g/mol. The van der Waals surface area contributed by atoms with E-state index in [0.717, 1.165) is 12.8 Å². The Hall–Kier alpha value is -1.29. The number of hydrogen-bond acceptors (Lipinski definition) is 5. The van der Waals surface area contributed by atoms with Crippen molar-refractivity contribution in [1.82, 2.24) is 19.8 Å². The molecule has 1 fully saturated rings. The summed E-state index contributed by atoms with van der Waals surface area (Å²) in [6.07, 6.45) is 1.63. The first kappa shape index (κ1) is 16.1. The van der Waals surface area contributed by atoms with E-state index in [0.29, 0.717) is 13.1 Å². The van der Waals surface area contributed by atoms with Crippen molar-refractivity contribution in [2.24, 2.45) is 11.1 Å². The maximum atomic E-state index is 12.3. The van der Waals surface area contributed by atoms with Crippen LogP contribution in [0.3, 0.4) is 0 Å². The quantitative estimate of drug-likeness (QED) is 0.789. The third-order valence-corrected chi connectivity index (χ3v) is 4.00. The number of piperidine rings is 1. The van der Waals surface area contributed by atoms with Crippen molar-refractivity contribution in [2.75, 3.05) is 19.6 Å². The Balaban J connectivity index is 1.97. The molecule has 1 aliphatic heterocycles. The first-order valence-corrected chi connectivity index (χ1v) is 8.33. The van der Waals surface area contributed by atoms with Gasteiger partial charge in [-0.25, -0.2) is 9.86 Å². The van der Waals surface area contributed by atoms with E-state index in [9.17, 15) is 13.2 Å². The number of nitrogens with zero attached hydrogens (tertiary/aromatic N) is 3. The molecule has 1 saturated heterocycles. The summed E-state index contributed by atoms with van der Waals surface area (Å²) in [7, 11) is -3.71. The van der Waals surface area contributed by atoms with E-state index in [1.165, 1.54) is 12.1 Å². The van der Waals surface area contributed by atoms with Crippen LogP contribution in [0.25, 0.3) is 0 Å². The number of amides is 1. The van der Waals surface area contributed by atoms with E-state index < -0.39 is 10.2 Å². The summed E-state index contributed by atoms with van der Waals surface area (Å²) >= 11 is 5.63. The minimum atomic E-state index is -3.71. The Kier molecular flexibility index (Phi) is 5.09. The Labute approximate surface area is 127 Å². The highest BCUT2D eigenvalue weighted by molar-refractivity contribution is 7.87. The summed E-state index contributed by atoms with van der Waals surface area (Å²) in [4.78, 5) is 13.9. The van der Waals surface area contributed by atoms with Crippen LogP contribution in [0.2, 0.25) is 5.15 Å². The predicted octanol–water partition coefficient (Wildman–Crippen LogP) is -0.225. The van der Waals surface area contributed by atoms with Gasteiger partial charge in [-0.05, 0) is 30.9 Å². The molecule has 0 aliphatic carbocycles. The van der Waals surface area contributed by atoms with E-state index in [-0.39, 0.29) is 29.2 Å². The zero-order valence-corrected chi connectivity index (χ0v) is 12.8. The number of rotatable bonds is 4. The molecular formula is C11H16ClN5O3S. The molecule has 0 spiro atoms. The molecule has 1 aromatic heterocycles. The summed E-state index contributed by atoms with van der Waals surface area (Å²) in [5.41, 5.74) is 0.222. The van der Waals surface area contributed by atoms with Gasteiger partial charge >= 0.3 is 0 Å². The molecule has 1 aromatic rings. The zero-order valence-electron chi connectivity index (χ0n) is 11.2. The summed E-state index contributed by atoms with van der Waals surface area (Å²) in [5, 5.41) is 12.5. The molecule has 8 nitrogen and oxygen atoms in total. The van der Waals surface area contributed by atoms with Crippen molar-refractivity contribution in [3.05, 3.63) is 23.0 Å². The lowest BCUT2D eigenvalue weighted by Crippen LogP contribution is -2.44. The highest BCUT2D eigenvalue weighted by Gasteiger charge is 2.25. The normalized spacial score (nSPS) is 19.5. The lowest BCUT2D eigenvalue weighted by Gasteiger charge is -2.32. The highest BCUT2D eigenvalue weighted by Crippen LogP contribution is 2.17. The molecule has 116 valence electrons. The first-order valence-electron chi connectivity index (χ1n) is 6.41. The zero-order chi connectivity index (χ0) is 15.5. The fraction of sp³-hybridized carbons (Fsp3) is 0.545. The van der Waals surface area contributed by atoms with Gasteiger partial charge in [0.1, 0.15) is 0 Å². The van der Waals surface area contributed by atoms with E-state index in [1.807, 2.05) is 0 Å². The number of carbonyl (C=O) groups excluding carboxylic acids is 1. The van der Waals surface area contributed by atoms with Gasteiger partial charge in [0.2, 0.25) is 0 Å². The molecule has 0 bridgehead atoms. The number of likely N-dealkylation sites (tertiary alicyclic amines) is 1. The van der Waals surface area contributed by atoms with Crippen LogP contribution in [0.4, 0.5) is 0 Å². The molecule has 1 amide bonds. The maximum Gasteiger partial charge on any atom is 0.274 e. The van der Waals surface area contributed by atoms with Gasteiger partial charge in [-0.3, -0.25) is 4.79 Å². The summed E-state index contributed by atoms with van der Waals surface area (Å²) in [6.45, 7) is 1.27. The predicted molar refractivity (Wildman–Crippen MR) is 76.8 cm³/mol. The van der Waals surface area contributed by atoms with Gasteiger partial charge in [-0.1, -0.05) is 11.6 Å². The van der Waals surface area contributed by atoms with E-state index >= 15 is 0 Å². The highest BCUT2D eigenvalue weighted by atomic mass is 35.5. The van der Waals surface area contributed by atoms with E-state index in [4.69, 9.17) is 16.7 Å². The van der Waals surface area contributed by atoms with Crippen LogP contribution in [0.5, 0.6) is 0 Å². The smallest absolute Gasteiger partial charge is 0.274 e. The largest absolute Gasteiger partial charge is 0.337 e. The number of carbonyl (C=O) groups is 1. The lowest BCUT2D eigenvalue weighted by atomic mass is 9.98. The van der Waals surface area contributed by atoms with Crippen LogP contribution in [0, 0.1) is 5.92 Å². The molecule has 1 atom stereocenters. The van der Waals surface area contributed by atoms with Crippen LogP contribution in [0.15, 0.2) is 12.1 Å². The Morgan fingerprint density at radius 3 is 2.86 bits per heavy atom. The summed E-state index contributed by atoms with van der Waals surface area (Å²) in [5.74, 6) is -0.208. The molecule has 3 N–H and O–H groups in total. The summed E-state index contributed by atoms with van der Waals surface area (Å²) < 4.78 is 24.1. The molecular weight excluding hydrogens is 318 g/mol. The van der Waals surface area contributed by atoms with Crippen molar-refractivity contribution in [1.29, 1.82) is 0 Å². The van der Waals surface area contributed by atoms with Gasteiger partial charge in [0, 0.05) is 19.6 Å². The minimum absolute atomic E-state index is 0.0290. The van der Waals surface area contributed by atoms with Crippen molar-refractivity contribution in [2.45, 2.75) is 12.8 Å². The van der Waals surface area contributed by atoms with Gasteiger partial charge in [-0.15, -0.1) is 10.2 Å². The Morgan fingerprint density at radius 1 is 1.48 bits per heavy atom. The maximum absolute atomic E-state index is 12.3. The summed E-state index contributed by atoms with van der Waals surface area (Å²) in [6, 6.07) is 3.02. The van der Waals surface area contributed by atoms with Crippen LogP contribution in [-0.2, 0) is 10.2 Å². The third-order valence-electron chi connectivity index (χ3n) is 3.23. The molecule has 21 heavy (non-hydrogen) atoms. The lowest BCUT2D eigenvalue weighted by molar-refractivity contribution is 0.0669. The van der Waals surface area contributed by atoms with Crippen LogP contribution in [0.1, 0.15) is 23.3 Å². The van der Waals surface area contributed by atoms with Crippen LogP contribution >= 0.6 is 11.6 Å². The van der Waals surface area contributed by atoms with E-state index in [1.54, 1.807) is 4.90 Å². The number of nitrogens with two attached hydrogens (primary N) is 1. The fourth-order valence-corrected chi connectivity index (χ4v) is 2.81. The molecule has 1 aliphatic rings. The molecule has 1 unspecified atom stereocenters. The Bertz CT molecular complexity index is 607. The van der Waals surface area contributed by atoms with Crippen molar-refractivity contribution in [3.63, 3.8) is 0 Å². The van der Waals surface area contributed by atoms with Crippen LogP contribution < -0.4 is 9.86 Å². The number of hydrogen-bond donors (Lipinski definition) is 2. The van der Waals surface area contributed by atoms with E-state index in [2.05, 4.69) is 14.9 Å². The number of nitrogens with one attached hydrogen (secondary N) is 1. The average molecular weight is 334 g/mol. The first-order chi connectivity index (χ1) is 9.85. The molecule has 2 heterocycles. The minimum Gasteiger partial charge on any atom is -0.337 e. The topological polar surface area (TPSA) is 118 Å².